The maximum atomic E-state index is 14.4. The van der Waals surface area contributed by atoms with E-state index < -0.39 is 23.5 Å². The summed E-state index contributed by atoms with van der Waals surface area (Å²) in [5, 5.41) is 10.9. The number of fused-ring (bicyclic) bond motifs is 6. The van der Waals surface area contributed by atoms with Crippen LogP contribution >= 0.6 is 11.3 Å². The minimum Gasteiger partial charge on any atom is -0.464 e. The van der Waals surface area contributed by atoms with Crippen LogP contribution in [0.3, 0.4) is 0 Å². The molecule has 6 heterocycles. The fraction of sp³-hybridized carbons (Fsp3) is 0.455. The summed E-state index contributed by atoms with van der Waals surface area (Å²) in [5.74, 6) is -0.265. The average Bonchev–Trinajstić information content (AvgIpc) is 4.00. The van der Waals surface area contributed by atoms with Crippen molar-refractivity contribution in [1.82, 2.24) is 35.6 Å². The van der Waals surface area contributed by atoms with Crippen LogP contribution in [0.1, 0.15) is 75.4 Å². The summed E-state index contributed by atoms with van der Waals surface area (Å²) in [4.78, 5) is 52.2. The van der Waals surface area contributed by atoms with E-state index in [9.17, 15) is 14.4 Å². The number of rotatable bonds is 7. The van der Waals surface area contributed by atoms with Crippen molar-refractivity contribution in [3.63, 3.8) is 0 Å². The third-order valence-electron chi connectivity index (χ3n) is 11.7. The van der Waals surface area contributed by atoms with E-state index in [0.29, 0.717) is 45.4 Å². The Bertz CT molecular complexity index is 2310. The van der Waals surface area contributed by atoms with Crippen LogP contribution in [0.25, 0.3) is 33.7 Å². The van der Waals surface area contributed by atoms with Crippen LogP contribution in [0.15, 0.2) is 72.2 Å². The van der Waals surface area contributed by atoms with Gasteiger partial charge in [0, 0.05) is 48.7 Å². The van der Waals surface area contributed by atoms with Crippen LogP contribution in [-0.4, -0.2) is 76.2 Å². The zero-order valence-corrected chi connectivity index (χ0v) is 34.7. The zero-order chi connectivity index (χ0) is 40.6. The number of cyclic esters (lactones) is 1. The molecule has 5 aromatic rings. The van der Waals surface area contributed by atoms with Gasteiger partial charge >= 0.3 is 5.97 Å². The summed E-state index contributed by atoms with van der Waals surface area (Å²) >= 11 is 1.47. The van der Waals surface area contributed by atoms with Crippen molar-refractivity contribution < 1.29 is 28.4 Å². The maximum absolute atomic E-state index is 14.4. The Morgan fingerprint density at radius 1 is 1.14 bits per heavy atom. The summed E-state index contributed by atoms with van der Waals surface area (Å²) in [5.41, 5.74) is 9.30. The first-order valence-electron chi connectivity index (χ1n) is 20.4. The number of aromatic nitrogens is 4. The van der Waals surface area contributed by atoms with Gasteiger partial charge in [0.25, 0.3) is 11.7 Å². The van der Waals surface area contributed by atoms with Gasteiger partial charge in [-0.1, -0.05) is 44.2 Å². The lowest BCUT2D eigenvalue weighted by atomic mass is 9.93. The average molecular weight is 806 g/mol. The first-order valence-corrected chi connectivity index (χ1v) is 21.2. The predicted octanol–water partition coefficient (Wildman–Crippen LogP) is 5.30. The Balaban J connectivity index is 1.20. The minimum atomic E-state index is -0.905. The van der Waals surface area contributed by atoms with Gasteiger partial charge in [-0.3, -0.25) is 24.4 Å². The number of aryl methyl sites for hydroxylation is 1. The Labute approximate surface area is 343 Å². The fourth-order valence-electron chi connectivity index (χ4n) is 8.65. The van der Waals surface area contributed by atoms with Crippen molar-refractivity contribution in [3.8, 4) is 22.6 Å². The highest BCUT2D eigenvalue weighted by Gasteiger charge is 2.40. The van der Waals surface area contributed by atoms with Crippen molar-refractivity contribution in [3.05, 3.63) is 88.5 Å². The number of hydrazine groups is 1. The lowest BCUT2D eigenvalue weighted by Crippen LogP contribution is -2.60. The number of amides is 2. The van der Waals surface area contributed by atoms with E-state index in [1.165, 1.54) is 16.3 Å². The zero-order valence-electron chi connectivity index (χ0n) is 33.9. The summed E-state index contributed by atoms with van der Waals surface area (Å²) < 4.78 is 16.5. The number of hydrogen-bond acceptors (Lipinski definition) is 10. The van der Waals surface area contributed by atoms with Gasteiger partial charge in [0.05, 0.1) is 47.1 Å². The summed E-state index contributed by atoms with van der Waals surface area (Å²) in [6.07, 6.45) is 3.54. The van der Waals surface area contributed by atoms with E-state index in [1.807, 2.05) is 48.7 Å². The Kier molecular flexibility index (Phi) is 11.4. The summed E-state index contributed by atoms with van der Waals surface area (Å²) in [6.45, 7) is 10.8. The van der Waals surface area contributed by atoms with Crippen molar-refractivity contribution in [2.45, 2.75) is 90.7 Å². The molecule has 0 radical (unpaired) electrons. The second-order valence-corrected chi connectivity index (χ2v) is 17.3. The standard InChI is InChI=1S/C44H52N8O5S/c1-6-50-35-17-16-29-22-36(35)51(41(50)31-14-10-19-45-38(31)27(2)56-5)25-44(3,4)26-57-43(55)32-15-11-21-52(49-32)42(54)33(23-37-47-34(29)24-58-37)48-40(53)30-18-20-46-39(30)28-12-8-7-9-13-28/h7-10,12-14,16-17,19,22,24,27,30,32-33,39,46,49H,6,11,15,18,20-21,23,25-26H2,1-5H3/p+1/t27-,30-,32-,33-,39+/m0/s1. The number of nitrogens with one attached hydrogen (secondary N) is 3. The van der Waals surface area contributed by atoms with E-state index in [0.717, 1.165) is 49.9 Å². The molecule has 304 valence electrons. The second-order valence-electron chi connectivity index (χ2n) is 16.4. The number of benzene rings is 2. The number of nitrogens with zero attached hydrogens (tertiary/aromatic N) is 5. The number of hydrogen-bond donors (Lipinski definition) is 3. The van der Waals surface area contributed by atoms with Crippen LogP contribution in [0.2, 0.25) is 0 Å². The van der Waals surface area contributed by atoms with Crippen LogP contribution < -0.4 is 20.6 Å². The van der Waals surface area contributed by atoms with Crippen LogP contribution in [0, 0.1) is 11.3 Å². The Hall–Kier alpha value is -5.02. The molecule has 13 nitrogen and oxygen atoms in total. The molecular weight excluding hydrogens is 753 g/mol. The van der Waals surface area contributed by atoms with E-state index in [4.69, 9.17) is 19.4 Å². The molecule has 2 aromatic carbocycles. The van der Waals surface area contributed by atoms with Crippen molar-refractivity contribution >= 4 is 40.2 Å². The smallest absolute Gasteiger partial charge is 0.324 e. The molecule has 0 unspecified atom stereocenters. The molecule has 3 aliphatic heterocycles. The van der Waals surface area contributed by atoms with Crippen molar-refractivity contribution in [1.29, 1.82) is 0 Å². The van der Waals surface area contributed by atoms with Gasteiger partial charge in [-0.2, -0.15) is 0 Å². The molecule has 2 fully saturated rings. The molecule has 5 atom stereocenters. The van der Waals surface area contributed by atoms with Crippen LogP contribution in [0.5, 0.6) is 0 Å². The fourth-order valence-corrected chi connectivity index (χ4v) is 9.50. The third-order valence-corrected chi connectivity index (χ3v) is 12.6. The van der Waals surface area contributed by atoms with E-state index in [2.05, 4.69) is 70.2 Å². The number of methoxy groups -OCH3 is 1. The molecule has 2 saturated heterocycles. The molecule has 3 aliphatic rings. The van der Waals surface area contributed by atoms with Gasteiger partial charge in [0.15, 0.2) is 11.0 Å². The SMILES string of the molecule is CC[n+]1c(-c2cccnc2[C@H](C)OC)n2c3cc(ccc31)-c1csc(n1)C[C@H](NC(=O)[C@H]1CCN[C@@H]1c1ccccc1)C(=O)N1CCC[C@H](N1)C(=O)OCC(C)(C)C2. The molecule has 6 bridgehead atoms. The number of esters is 1. The van der Waals surface area contributed by atoms with E-state index in [-0.39, 0.29) is 42.9 Å². The van der Waals surface area contributed by atoms with Gasteiger partial charge < -0.3 is 20.1 Å². The molecule has 14 heteroatoms. The Morgan fingerprint density at radius 3 is 2.76 bits per heavy atom. The third kappa shape index (κ3) is 7.90. The number of imidazole rings is 1. The normalized spacial score (nSPS) is 23.0. The van der Waals surface area contributed by atoms with Gasteiger partial charge in [0.2, 0.25) is 5.91 Å². The van der Waals surface area contributed by atoms with Gasteiger partial charge in [-0.05, 0) is 75.5 Å². The second kappa shape index (κ2) is 16.7. The summed E-state index contributed by atoms with van der Waals surface area (Å²) in [7, 11) is 1.69. The first-order chi connectivity index (χ1) is 28.0. The molecule has 0 saturated carbocycles. The molecule has 3 aromatic heterocycles. The monoisotopic (exact) mass is 805 g/mol. The molecular formula is C44H53N8O5S+. The van der Waals surface area contributed by atoms with E-state index >= 15 is 0 Å². The molecule has 2 amide bonds. The molecule has 8 rings (SSSR count). The van der Waals surface area contributed by atoms with E-state index in [1.54, 1.807) is 13.3 Å². The molecule has 58 heavy (non-hydrogen) atoms. The topological polar surface area (TPSA) is 144 Å². The number of carbonyl (C=O) groups excluding carboxylic acids is 3. The van der Waals surface area contributed by atoms with Gasteiger partial charge in [0.1, 0.15) is 18.7 Å². The van der Waals surface area contributed by atoms with Gasteiger partial charge in [-0.25, -0.2) is 19.5 Å². The predicted molar refractivity (Wildman–Crippen MR) is 221 cm³/mol. The maximum Gasteiger partial charge on any atom is 0.324 e. The molecule has 0 spiro atoms. The van der Waals surface area contributed by atoms with Crippen molar-refractivity contribution in [2.75, 3.05) is 26.8 Å². The largest absolute Gasteiger partial charge is 0.464 e. The quantitative estimate of drug-likeness (QED) is 0.148. The number of thiazole rings is 1. The van der Waals surface area contributed by atoms with Crippen molar-refractivity contribution in [2.24, 2.45) is 11.3 Å². The number of carbonyl (C=O) groups is 3. The number of pyridine rings is 1. The van der Waals surface area contributed by atoms with Gasteiger partial charge in [-0.15, -0.1) is 11.3 Å². The van der Waals surface area contributed by atoms with Crippen LogP contribution in [-0.2, 0) is 43.4 Å². The minimum absolute atomic E-state index is 0.156. The highest BCUT2D eigenvalue weighted by atomic mass is 32.1. The Morgan fingerprint density at radius 2 is 1.97 bits per heavy atom. The lowest BCUT2D eigenvalue weighted by Gasteiger charge is -2.35. The lowest BCUT2D eigenvalue weighted by molar-refractivity contribution is -0.657. The summed E-state index contributed by atoms with van der Waals surface area (Å²) in [6, 6.07) is 18.6. The number of ether oxygens (including phenoxy) is 2. The first kappa shape index (κ1) is 39.8. The molecule has 3 N–H and O–H groups in total. The highest BCUT2D eigenvalue weighted by Crippen LogP contribution is 2.35. The highest BCUT2D eigenvalue weighted by molar-refractivity contribution is 7.10. The molecule has 0 aliphatic carbocycles. The van der Waals surface area contributed by atoms with Crippen LogP contribution in [0.4, 0.5) is 0 Å².